The van der Waals surface area contributed by atoms with Crippen molar-refractivity contribution in [2.75, 3.05) is 29.4 Å². The molecule has 5 nitrogen and oxygen atoms in total. The van der Waals surface area contributed by atoms with Gasteiger partial charge in [-0.15, -0.1) is 0 Å². The van der Waals surface area contributed by atoms with E-state index in [9.17, 15) is 0 Å². The second kappa shape index (κ2) is 6.40. The Morgan fingerprint density at radius 1 is 1.00 bits per heavy atom. The van der Waals surface area contributed by atoms with Gasteiger partial charge in [0, 0.05) is 44.0 Å². The standard InChI is InChI=1S/C19H25N5/c1-14-12-18(23-10-7-17(20)8-11-23)22-19(21-14)24-9-6-15-4-2-3-5-16(15)13-24/h2-5,12,17H,6-11,13,20H2,1H3. The van der Waals surface area contributed by atoms with Crippen molar-refractivity contribution in [2.24, 2.45) is 5.73 Å². The molecular weight excluding hydrogens is 298 g/mol. The minimum absolute atomic E-state index is 0.335. The van der Waals surface area contributed by atoms with Crippen molar-refractivity contribution in [3.05, 3.63) is 47.2 Å². The van der Waals surface area contributed by atoms with E-state index in [0.717, 1.165) is 62.9 Å². The average molecular weight is 323 g/mol. The van der Waals surface area contributed by atoms with Crippen LogP contribution in [0.1, 0.15) is 29.7 Å². The Kier molecular flexibility index (Phi) is 4.10. The largest absolute Gasteiger partial charge is 0.356 e. The predicted octanol–water partition coefficient (Wildman–Crippen LogP) is 2.28. The van der Waals surface area contributed by atoms with Gasteiger partial charge in [0.25, 0.3) is 0 Å². The molecule has 2 aliphatic rings. The fourth-order valence-corrected chi connectivity index (χ4v) is 3.63. The SMILES string of the molecule is Cc1cc(N2CCC(N)CC2)nc(N2CCc3ccccc3C2)n1. The van der Waals surface area contributed by atoms with Crippen LogP contribution in [0.25, 0.3) is 0 Å². The maximum Gasteiger partial charge on any atom is 0.227 e. The van der Waals surface area contributed by atoms with Crippen LogP contribution in [0.3, 0.4) is 0 Å². The van der Waals surface area contributed by atoms with Crippen LogP contribution in [0.2, 0.25) is 0 Å². The van der Waals surface area contributed by atoms with Crippen LogP contribution in [0.5, 0.6) is 0 Å². The van der Waals surface area contributed by atoms with Gasteiger partial charge < -0.3 is 15.5 Å². The topological polar surface area (TPSA) is 58.3 Å². The minimum atomic E-state index is 0.335. The van der Waals surface area contributed by atoms with E-state index in [1.54, 1.807) is 0 Å². The lowest BCUT2D eigenvalue weighted by molar-refractivity contribution is 0.498. The summed E-state index contributed by atoms with van der Waals surface area (Å²) in [5.74, 6) is 1.90. The summed E-state index contributed by atoms with van der Waals surface area (Å²) in [7, 11) is 0. The summed E-state index contributed by atoms with van der Waals surface area (Å²) < 4.78 is 0. The number of benzene rings is 1. The normalized spacial score (nSPS) is 18.6. The average Bonchev–Trinajstić information content (AvgIpc) is 2.61. The summed E-state index contributed by atoms with van der Waals surface area (Å²) in [5.41, 5.74) is 9.90. The summed E-state index contributed by atoms with van der Waals surface area (Å²) in [6.07, 6.45) is 3.13. The molecular formula is C19H25N5. The molecule has 3 heterocycles. The molecule has 0 atom stereocenters. The van der Waals surface area contributed by atoms with E-state index < -0.39 is 0 Å². The van der Waals surface area contributed by atoms with Crippen LogP contribution in [-0.2, 0) is 13.0 Å². The summed E-state index contributed by atoms with van der Waals surface area (Å²) in [6.45, 7) is 5.90. The van der Waals surface area contributed by atoms with Crippen LogP contribution in [-0.4, -0.2) is 35.6 Å². The molecule has 0 amide bonds. The van der Waals surface area contributed by atoms with Crippen LogP contribution < -0.4 is 15.5 Å². The molecule has 1 aromatic carbocycles. The van der Waals surface area contributed by atoms with Crippen LogP contribution in [0.15, 0.2) is 30.3 Å². The molecule has 1 fully saturated rings. The van der Waals surface area contributed by atoms with E-state index in [-0.39, 0.29) is 0 Å². The first-order chi connectivity index (χ1) is 11.7. The van der Waals surface area contributed by atoms with Gasteiger partial charge in [0.2, 0.25) is 5.95 Å². The summed E-state index contributed by atoms with van der Waals surface area (Å²) in [6, 6.07) is 11.1. The third-order valence-electron chi connectivity index (χ3n) is 5.11. The second-order valence-corrected chi connectivity index (χ2v) is 6.93. The quantitative estimate of drug-likeness (QED) is 0.919. The third-order valence-corrected chi connectivity index (χ3v) is 5.11. The van der Waals surface area contributed by atoms with Crippen molar-refractivity contribution in [1.82, 2.24) is 9.97 Å². The molecule has 5 heteroatoms. The zero-order valence-electron chi connectivity index (χ0n) is 14.3. The van der Waals surface area contributed by atoms with Gasteiger partial charge in [-0.05, 0) is 37.3 Å². The highest BCUT2D eigenvalue weighted by molar-refractivity contribution is 5.48. The number of fused-ring (bicyclic) bond motifs is 1. The van der Waals surface area contributed by atoms with Crippen LogP contribution in [0.4, 0.5) is 11.8 Å². The molecule has 2 aliphatic heterocycles. The Hall–Kier alpha value is -2.14. The minimum Gasteiger partial charge on any atom is -0.356 e. The maximum atomic E-state index is 6.03. The van der Waals surface area contributed by atoms with E-state index in [0.29, 0.717) is 6.04 Å². The molecule has 126 valence electrons. The van der Waals surface area contributed by atoms with Gasteiger partial charge in [-0.3, -0.25) is 0 Å². The molecule has 0 saturated carbocycles. The monoisotopic (exact) mass is 323 g/mol. The summed E-state index contributed by atoms with van der Waals surface area (Å²) in [4.78, 5) is 14.2. The number of anilines is 2. The Balaban J connectivity index is 1.58. The molecule has 4 rings (SSSR count). The van der Waals surface area contributed by atoms with Crippen molar-refractivity contribution >= 4 is 11.8 Å². The summed E-state index contributed by atoms with van der Waals surface area (Å²) >= 11 is 0. The van der Waals surface area contributed by atoms with E-state index in [2.05, 4.69) is 47.1 Å². The van der Waals surface area contributed by atoms with E-state index >= 15 is 0 Å². The lowest BCUT2D eigenvalue weighted by atomic mass is 10.0. The van der Waals surface area contributed by atoms with Crippen molar-refractivity contribution in [1.29, 1.82) is 0 Å². The molecule has 1 aromatic heterocycles. The third kappa shape index (κ3) is 3.08. The van der Waals surface area contributed by atoms with Crippen molar-refractivity contribution in [2.45, 2.75) is 38.8 Å². The molecule has 1 saturated heterocycles. The highest BCUT2D eigenvalue weighted by Gasteiger charge is 2.22. The molecule has 0 unspecified atom stereocenters. The number of aryl methyl sites for hydroxylation is 1. The highest BCUT2D eigenvalue weighted by Crippen LogP contribution is 2.25. The van der Waals surface area contributed by atoms with E-state index in [1.165, 1.54) is 11.1 Å². The zero-order chi connectivity index (χ0) is 16.5. The van der Waals surface area contributed by atoms with Crippen LogP contribution in [0, 0.1) is 6.92 Å². The highest BCUT2D eigenvalue weighted by atomic mass is 15.3. The van der Waals surface area contributed by atoms with Gasteiger partial charge in [-0.25, -0.2) is 4.98 Å². The maximum absolute atomic E-state index is 6.03. The van der Waals surface area contributed by atoms with Crippen LogP contribution >= 0.6 is 0 Å². The molecule has 0 spiro atoms. The van der Waals surface area contributed by atoms with Crippen molar-refractivity contribution in [3.63, 3.8) is 0 Å². The Morgan fingerprint density at radius 2 is 1.75 bits per heavy atom. The molecule has 2 N–H and O–H groups in total. The van der Waals surface area contributed by atoms with Gasteiger partial charge in [-0.2, -0.15) is 4.98 Å². The van der Waals surface area contributed by atoms with Crippen molar-refractivity contribution < 1.29 is 0 Å². The summed E-state index contributed by atoms with van der Waals surface area (Å²) in [5, 5.41) is 0. The zero-order valence-corrected chi connectivity index (χ0v) is 14.3. The molecule has 0 bridgehead atoms. The smallest absolute Gasteiger partial charge is 0.227 e. The number of nitrogens with two attached hydrogens (primary N) is 1. The van der Waals surface area contributed by atoms with Gasteiger partial charge in [-0.1, -0.05) is 24.3 Å². The lowest BCUT2D eigenvalue weighted by Crippen LogP contribution is -2.40. The molecule has 24 heavy (non-hydrogen) atoms. The number of nitrogens with zero attached hydrogens (tertiary/aromatic N) is 4. The number of piperidine rings is 1. The van der Waals surface area contributed by atoms with E-state index in [1.807, 2.05) is 0 Å². The lowest BCUT2D eigenvalue weighted by Gasteiger charge is -2.33. The van der Waals surface area contributed by atoms with Gasteiger partial charge in [0.05, 0.1) is 0 Å². The Bertz CT molecular complexity index is 721. The molecule has 2 aromatic rings. The molecule has 0 aliphatic carbocycles. The Morgan fingerprint density at radius 3 is 2.54 bits per heavy atom. The molecule has 0 radical (unpaired) electrons. The number of hydrogen-bond donors (Lipinski definition) is 1. The number of rotatable bonds is 2. The second-order valence-electron chi connectivity index (χ2n) is 6.93. The predicted molar refractivity (Wildman–Crippen MR) is 97.4 cm³/mol. The number of hydrogen-bond acceptors (Lipinski definition) is 5. The fraction of sp³-hybridized carbons (Fsp3) is 0.474. The first-order valence-electron chi connectivity index (χ1n) is 8.87. The number of aromatic nitrogens is 2. The van der Waals surface area contributed by atoms with Gasteiger partial charge in [0.1, 0.15) is 5.82 Å². The Labute approximate surface area is 143 Å². The first kappa shape index (κ1) is 15.4. The van der Waals surface area contributed by atoms with Crippen molar-refractivity contribution in [3.8, 4) is 0 Å². The fourth-order valence-electron chi connectivity index (χ4n) is 3.63. The van der Waals surface area contributed by atoms with E-state index in [4.69, 9.17) is 15.7 Å². The van der Waals surface area contributed by atoms with Gasteiger partial charge >= 0.3 is 0 Å². The van der Waals surface area contributed by atoms with Gasteiger partial charge in [0.15, 0.2) is 0 Å². The first-order valence-corrected chi connectivity index (χ1v) is 8.87.